The molecule has 3 nitrogen and oxygen atoms in total. The first-order chi connectivity index (χ1) is 9.54. The summed E-state index contributed by atoms with van der Waals surface area (Å²) < 4.78 is 25.5. The molecule has 20 heavy (non-hydrogen) atoms. The molecule has 0 aliphatic carbocycles. The summed E-state index contributed by atoms with van der Waals surface area (Å²) in [4.78, 5) is -0.162. The zero-order valence-electron chi connectivity index (χ0n) is 10.3. The third-order valence-corrected chi connectivity index (χ3v) is 4.77. The Morgan fingerprint density at radius 3 is 2.40 bits per heavy atom. The molecule has 0 aliphatic rings. The van der Waals surface area contributed by atoms with E-state index < -0.39 is 9.84 Å². The predicted octanol–water partition coefficient (Wildman–Crippen LogP) is 3.79. The van der Waals surface area contributed by atoms with Crippen molar-refractivity contribution in [1.82, 2.24) is 0 Å². The van der Waals surface area contributed by atoms with Crippen LogP contribution in [-0.2, 0) is 9.84 Å². The van der Waals surface area contributed by atoms with Crippen LogP contribution in [0.4, 0.5) is 0 Å². The van der Waals surface area contributed by atoms with Gasteiger partial charge in [0.05, 0.1) is 4.90 Å². The molecule has 0 bridgehead atoms. The Hall–Kier alpha value is -1.90. The topological polar surface area (TPSA) is 57.9 Å². The Morgan fingerprint density at radius 1 is 1.10 bits per heavy atom. The van der Waals surface area contributed by atoms with Gasteiger partial charge in [0.2, 0.25) is 9.84 Å². The average molecular weight is 348 g/mol. The first-order valence-electron chi connectivity index (χ1n) is 5.71. The van der Waals surface area contributed by atoms with Crippen LogP contribution in [0.15, 0.2) is 68.9 Å². The summed E-state index contributed by atoms with van der Waals surface area (Å²) in [6.07, 6.45) is 1.37. The van der Waals surface area contributed by atoms with Crippen LogP contribution in [0.2, 0.25) is 0 Å². The van der Waals surface area contributed by atoms with Gasteiger partial charge in [-0.2, -0.15) is 5.26 Å². The lowest BCUT2D eigenvalue weighted by Gasteiger charge is -2.03. The Morgan fingerprint density at radius 2 is 1.80 bits per heavy atom. The molecule has 5 heteroatoms. The quantitative estimate of drug-likeness (QED) is 0.793. The summed E-state index contributed by atoms with van der Waals surface area (Å²) in [6.45, 7) is 0. The molecule has 2 aromatic rings. The smallest absolute Gasteiger partial charge is 0.216 e. The van der Waals surface area contributed by atoms with Crippen molar-refractivity contribution in [1.29, 1.82) is 5.26 Å². The van der Waals surface area contributed by atoms with E-state index in [0.29, 0.717) is 5.56 Å². The van der Waals surface area contributed by atoms with E-state index in [9.17, 15) is 8.42 Å². The molecule has 0 radical (unpaired) electrons. The van der Waals surface area contributed by atoms with Gasteiger partial charge in [0.15, 0.2) is 0 Å². The highest BCUT2D eigenvalue weighted by atomic mass is 79.9. The third-order valence-electron chi connectivity index (χ3n) is 2.60. The monoisotopic (exact) mass is 347 g/mol. The Bertz CT molecular complexity index is 790. The molecule has 0 fully saturated rings. The highest BCUT2D eigenvalue weighted by molar-refractivity contribution is 9.10. The summed E-state index contributed by atoms with van der Waals surface area (Å²) in [5.41, 5.74) is 0.649. The number of rotatable bonds is 3. The number of sulfone groups is 1. The van der Waals surface area contributed by atoms with Gasteiger partial charge in [-0.3, -0.25) is 0 Å². The van der Waals surface area contributed by atoms with Crippen molar-refractivity contribution < 1.29 is 8.42 Å². The number of nitrogens with zero attached hydrogens (tertiary/aromatic N) is 1. The second-order valence-corrected chi connectivity index (χ2v) is 6.83. The highest BCUT2D eigenvalue weighted by Gasteiger charge is 2.20. The SMILES string of the molecule is N#CC(=Cc1cccc(Br)c1)S(=O)(=O)c1ccccc1. The summed E-state index contributed by atoms with van der Waals surface area (Å²) in [5.74, 6) is 0. The first-order valence-corrected chi connectivity index (χ1v) is 7.99. The molecule has 0 N–H and O–H groups in total. The largest absolute Gasteiger partial charge is 0.218 e. The Labute approximate surface area is 126 Å². The molecule has 0 unspecified atom stereocenters. The lowest BCUT2D eigenvalue weighted by atomic mass is 10.2. The summed E-state index contributed by atoms with van der Waals surface area (Å²) in [6, 6.07) is 16.8. The zero-order chi connectivity index (χ0) is 14.6. The van der Waals surface area contributed by atoms with Crippen LogP contribution in [0.3, 0.4) is 0 Å². The number of allylic oxidation sites excluding steroid dienone is 1. The van der Waals surface area contributed by atoms with E-state index in [1.807, 2.05) is 6.07 Å². The van der Waals surface area contributed by atoms with Crippen molar-refractivity contribution in [2.45, 2.75) is 4.90 Å². The number of nitriles is 1. The van der Waals surface area contributed by atoms with Crippen LogP contribution in [0.25, 0.3) is 6.08 Å². The van der Waals surface area contributed by atoms with Crippen LogP contribution < -0.4 is 0 Å². The number of hydrogen-bond donors (Lipinski definition) is 0. The minimum Gasteiger partial charge on any atom is -0.218 e. The van der Waals surface area contributed by atoms with Crippen LogP contribution in [0, 0.1) is 11.3 Å². The molecule has 0 atom stereocenters. The van der Waals surface area contributed by atoms with Gasteiger partial charge in [0.25, 0.3) is 0 Å². The number of benzene rings is 2. The van der Waals surface area contributed by atoms with Gasteiger partial charge in [-0.15, -0.1) is 0 Å². The third kappa shape index (κ3) is 3.16. The maximum atomic E-state index is 12.4. The molecule has 0 saturated carbocycles. The molecule has 0 aromatic heterocycles. The second kappa shape index (κ2) is 6.04. The summed E-state index contributed by atoms with van der Waals surface area (Å²) in [5, 5.41) is 9.14. The molecule has 2 aromatic carbocycles. The molecule has 0 heterocycles. The van der Waals surface area contributed by atoms with Crippen LogP contribution >= 0.6 is 15.9 Å². The maximum absolute atomic E-state index is 12.4. The normalized spacial score (nSPS) is 11.9. The maximum Gasteiger partial charge on any atom is 0.216 e. The van der Waals surface area contributed by atoms with Crippen LogP contribution in [-0.4, -0.2) is 8.42 Å². The average Bonchev–Trinajstić information content (AvgIpc) is 2.45. The molecule has 100 valence electrons. The highest BCUT2D eigenvalue weighted by Crippen LogP contribution is 2.22. The van der Waals surface area contributed by atoms with Crippen molar-refractivity contribution in [2.24, 2.45) is 0 Å². The van der Waals surface area contributed by atoms with E-state index >= 15 is 0 Å². The standard InChI is InChI=1S/C15H10BrNO2S/c16-13-6-4-5-12(9-13)10-15(11-17)20(18,19)14-7-2-1-3-8-14/h1-10H. The fourth-order valence-electron chi connectivity index (χ4n) is 1.64. The van der Waals surface area contributed by atoms with Crippen LogP contribution in [0.5, 0.6) is 0 Å². The molecular formula is C15H10BrNO2S. The zero-order valence-corrected chi connectivity index (χ0v) is 12.7. The summed E-state index contributed by atoms with van der Waals surface area (Å²) in [7, 11) is -3.78. The minimum atomic E-state index is -3.78. The van der Waals surface area contributed by atoms with Crippen molar-refractivity contribution in [3.63, 3.8) is 0 Å². The van der Waals surface area contributed by atoms with Gasteiger partial charge >= 0.3 is 0 Å². The van der Waals surface area contributed by atoms with Gasteiger partial charge in [-0.1, -0.05) is 46.3 Å². The van der Waals surface area contributed by atoms with Crippen LogP contribution in [0.1, 0.15) is 5.56 Å². The van der Waals surface area contributed by atoms with Gasteiger partial charge in [-0.05, 0) is 35.9 Å². The molecular weight excluding hydrogens is 338 g/mol. The summed E-state index contributed by atoms with van der Waals surface area (Å²) >= 11 is 3.31. The molecule has 0 amide bonds. The lowest BCUT2D eigenvalue weighted by molar-refractivity contribution is 0.603. The molecule has 0 spiro atoms. The van der Waals surface area contributed by atoms with E-state index in [1.165, 1.54) is 18.2 Å². The Balaban J connectivity index is 2.51. The van der Waals surface area contributed by atoms with Crippen molar-refractivity contribution in [3.8, 4) is 6.07 Å². The van der Waals surface area contributed by atoms with Crippen molar-refractivity contribution in [2.75, 3.05) is 0 Å². The van der Waals surface area contributed by atoms with E-state index in [0.717, 1.165) is 4.47 Å². The molecule has 2 rings (SSSR count). The van der Waals surface area contributed by atoms with Crippen molar-refractivity contribution >= 4 is 31.8 Å². The molecule has 0 aliphatic heterocycles. The van der Waals surface area contributed by atoms with Gasteiger partial charge in [0, 0.05) is 4.47 Å². The fourth-order valence-corrected chi connectivity index (χ4v) is 3.24. The van der Waals surface area contributed by atoms with E-state index in [2.05, 4.69) is 15.9 Å². The first kappa shape index (κ1) is 14.5. The lowest BCUT2D eigenvalue weighted by Crippen LogP contribution is -2.03. The minimum absolute atomic E-state index is 0.114. The van der Waals surface area contributed by atoms with E-state index in [4.69, 9.17) is 5.26 Å². The predicted molar refractivity (Wildman–Crippen MR) is 81.4 cm³/mol. The van der Waals surface area contributed by atoms with E-state index in [-0.39, 0.29) is 9.80 Å². The fraction of sp³-hybridized carbons (Fsp3) is 0. The van der Waals surface area contributed by atoms with Gasteiger partial charge in [-0.25, -0.2) is 8.42 Å². The van der Waals surface area contributed by atoms with E-state index in [1.54, 1.807) is 42.5 Å². The Kier molecular flexibility index (Phi) is 4.38. The number of halogens is 1. The van der Waals surface area contributed by atoms with Gasteiger partial charge < -0.3 is 0 Å². The van der Waals surface area contributed by atoms with Crippen molar-refractivity contribution in [3.05, 3.63) is 69.5 Å². The second-order valence-electron chi connectivity index (χ2n) is 3.99. The van der Waals surface area contributed by atoms with Gasteiger partial charge in [0.1, 0.15) is 11.0 Å². The number of hydrogen-bond acceptors (Lipinski definition) is 3. The molecule has 0 saturated heterocycles.